The van der Waals surface area contributed by atoms with Crippen molar-refractivity contribution < 1.29 is 0 Å². The van der Waals surface area contributed by atoms with Gasteiger partial charge in [0.25, 0.3) is 0 Å². The highest BCUT2D eigenvalue weighted by Gasteiger charge is 2.19. The van der Waals surface area contributed by atoms with Crippen LogP contribution in [0, 0.1) is 0 Å². The summed E-state index contributed by atoms with van der Waals surface area (Å²) in [6, 6.07) is 31.1. The van der Waals surface area contributed by atoms with Crippen LogP contribution in [-0.4, -0.2) is 11.4 Å². The van der Waals surface area contributed by atoms with E-state index in [1.807, 2.05) is 36.4 Å². The molecule has 1 aliphatic heterocycles. The first-order valence-corrected chi connectivity index (χ1v) is 8.84. The van der Waals surface area contributed by atoms with Crippen LogP contribution in [0.4, 0.5) is 0 Å². The highest BCUT2D eigenvalue weighted by atomic mass is 15.2. The van der Waals surface area contributed by atoms with Gasteiger partial charge in [0.05, 0.1) is 11.4 Å². The number of hydrogen-bond acceptors (Lipinski definition) is 2. The summed E-state index contributed by atoms with van der Waals surface area (Å²) in [6.07, 6.45) is 0.764. The fourth-order valence-corrected chi connectivity index (χ4v) is 3.28. The topological polar surface area (TPSA) is 24.7 Å². The van der Waals surface area contributed by atoms with Crippen LogP contribution in [0.3, 0.4) is 0 Å². The van der Waals surface area contributed by atoms with Crippen molar-refractivity contribution in [2.45, 2.75) is 13.3 Å². The molecule has 0 N–H and O–H groups in total. The van der Waals surface area contributed by atoms with Gasteiger partial charge in [-0.25, -0.2) is 0 Å². The van der Waals surface area contributed by atoms with Gasteiger partial charge in [-0.05, 0) is 29.2 Å². The Morgan fingerprint density at radius 3 is 1.65 bits per heavy atom. The minimum atomic E-state index is 0.764. The minimum Gasteiger partial charge on any atom is -0.154 e. The molecule has 0 atom stereocenters. The van der Waals surface area contributed by atoms with E-state index in [1.165, 1.54) is 16.7 Å². The monoisotopic (exact) mass is 336 g/mol. The van der Waals surface area contributed by atoms with Crippen LogP contribution < -0.4 is 0 Å². The third-order valence-electron chi connectivity index (χ3n) is 4.70. The van der Waals surface area contributed by atoms with Gasteiger partial charge in [0, 0.05) is 12.0 Å². The van der Waals surface area contributed by atoms with Crippen molar-refractivity contribution in [2.75, 3.05) is 0 Å². The van der Waals surface area contributed by atoms with Crippen LogP contribution in [0.5, 0.6) is 0 Å². The van der Waals surface area contributed by atoms with E-state index in [2.05, 4.69) is 71.7 Å². The number of allylic oxidation sites excluding steroid dienone is 2. The first kappa shape index (κ1) is 16.2. The van der Waals surface area contributed by atoms with E-state index in [-0.39, 0.29) is 0 Å². The zero-order valence-corrected chi connectivity index (χ0v) is 14.8. The smallest absolute Gasteiger partial charge is 0.0961 e. The Balaban J connectivity index is 1.89. The molecule has 2 heteroatoms. The lowest BCUT2D eigenvalue weighted by atomic mass is 9.90. The summed E-state index contributed by atoms with van der Waals surface area (Å²) in [6.45, 7) is 2.15. The minimum absolute atomic E-state index is 0.764. The van der Waals surface area contributed by atoms with Crippen molar-refractivity contribution in [1.82, 2.24) is 0 Å². The van der Waals surface area contributed by atoms with E-state index >= 15 is 0 Å². The van der Waals surface area contributed by atoms with Gasteiger partial charge in [-0.2, -0.15) is 5.10 Å². The predicted octanol–water partition coefficient (Wildman–Crippen LogP) is 5.76. The fraction of sp³-hybridized carbons (Fsp3) is 0.0833. The predicted molar refractivity (Wildman–Crippen MR) is 110 cm³/mol. The summed E-state index contributed by atoms with van der Waals surface area (Å²) < 4.78 is 0. The van der Waals surface area contributed by atoms with E-state index in [1.54, 1.807) is 0 Å². The summed E-state index contributed by atoms with van der Waals surface area (Å²) in [7, 11) is 0. The van der Waals surface area contributed by atoms with Gasteiger partial charge >= 0.3 is 0 Å². The molecule has 0 fully saturated rings. The Kier molecular flexibility index (Phi) is 4.57. The van der Waals surface area contributed by atoms with E-state index in [0.29, 0.717) is 0 Å². The summed E-state index contributed by atoms with van der Waals surface area (Å²) in [5, 5.41) is 9.30. The maximum absolute atomic E-state index is 4.65. The normalized spacial score (nSPS) is 14.5. The van der Waals surface area contributed by atoms with Crippen molar-refractivity contribution in [3.63, 3.8) is 0 Å². The van der Waals surface area contributed by atoms with Crippen LogP contribution in [0.15, 0.2) is 107 Å². The summed E-state index contributed by atoms with van der Waals surface area (Å²) >= 11 is 0. The molecule has 0 saturated heterocycles. The van der Waals surface area contributed by atoms with Crippen LogP contribution in [0.25, 0.3) is 5.57 Å². The van der Waals surface area contributed by atoms with Crippen LogP contribution in [-0.2, 0) is 0 Å². The molecule has 26 heavy (non-hydrogen) atoms. The third kappa shape index (κ3) is 3.27. The molecule has 2 nitrogen and oxygen atoms in total. The SMILES string of the molecule is CC1=C(c2ccccc2)CC(c2ccccc2)=NN=C1c1ccccc1. The zero-order valence-electron chi connectivity index (χ0n) is 14.8. The quantitative estimate of drug-likeness (QED) is 0.581. The maximum atomic E-state index is 4.65. The molecular formula is C24H20N2. The molecule has 3 aromatic rings. The van der Waals surface area contributed by atoms with Gasteiger partial charge in [-0.3, -0.25) is 0 Å². The third-order valence-corrected chi connectivity index (χ3v) is 4.70. The van der Waals surface area contributed by atoms with Crippen molar-refractivity contribution in [1.29, 1.82) is 0 Å². The van der Waals surface area contributed by atoms with Crippen LogP contribution >= 0.6 is 0 Å². The molecule has 1 heterocycles. The van der Waals surface area contributed by atoms with Gasteiger partial charge in [-0.1, -0.05) is 91.0 Å². The van der Waals surface area contributed by atoms with Crippen LogP contribution in [0.2, 0.25) is 0 Å². The summed E-state index contributed by atoms with van der Waals surface area (Å²) in [5.41, 5.74) is 7.82. The van der Waals surface area contributed by atoms with Gasteiger partial charge in [0.15, 0.2) is 0 Å². The van der Waals surface area contributed by atoms with Crippen molar-refractivity contribution in [2.24, 2.45) is 10.2 Å². The molecule has 3 aromatic carbocycles. The standard InChI is InChI=1S/C24H20N2/c1-18-22(19-11-5-2-6-12-19)17-23(20-13-7-3-8-14-20)25-26-24(18)21-15-9-4-10-16-21/h2-16H,17H2,1H3. The lowest BCUT2D eigenvalue weighted by molar-refractivity contribution is 1.22. The molecule has 0 amide bonds. The number of rotatable bonds is 3. The molecule has 0 spiro atoms. The molecular weight excluding hydrogens is 316 g/mol. The van der Waals surface area contributed by atoms with E-state index < -0.39 is 0 Å². The van der Waals surface area contributed by atoms with E-state index in [9.17, 15) is 0 Å². The number of benzene rings is 3. The molecule has 4 rings (SSSR count). The van der Waals surface area contributed by atoms with Crippen molar-refractivity contribution in [3.8, 4) is 0 Å². The van der Waals surface area contributed by atoms with E-state index in [4.69, 9.17) is 0 Å². The molecule has 1 aliphatic rings. The van der Waals surface area contributed by atoms with E-state index in [0.717, 1.165) is 29.0 Å². The van der Waals surface area contributed by atoms with Gasteiger partial charge in [-0.15, -0.1) is 5.10 Å². The Morgan fingerprint density at radius 1 is 0.577 bits per heavy atom. The number of nitrogens with zero attached hydrogens (tertiary/aromatic N) is 2. The lowest BCUT2D eigenvalue weighted by Gasteiger charge is -2.13. The second-order valence-electron chi connectivity index (χ2n) is 6.37. The lowest BCUT2D eigenvalue weighted by Crippen LogP contribution is -2.05. The van der Waals surface area contributed by atoms with Crippen molar-refractivity contribution in [3.05, 3.63) is 113 Å². The first-order valence-electron chi connectivity index (χ1n) is 8.84. The maximum Gasteiger partial charge on any atom is 0.0961 e. The first-order chi connectivity index (χ1) is 12.8. The highest BCUT2D eigenvalue weighted by Crippen LogP contribution is 2.29. The molecule has 0 radical (unpaired) electrons. The largest absolute Gasteiger partial charge is 0.154 e. The average molecular weight is 336 g/mol. The number of hydrogen-bond donors (Lipinski definition) is 0. The second-order valence-corrected chi connectivity index (χ2v) is 6.37. The molecule has 126 valence electrons. The summed E-state index contributed by atoms with van der Waals surface area (Å²) in [4.78, 5) is 0. The Hall–Kier alpha value is -3.26. The Bertz CT molecular complexity index is 939. The highest BCUT2D eigenvalue weighted by molar-refractivity contribution is 6.20. The second kappa shape index (κ2) is 7.32. The molecule has 0 bridgehead atoms. The Labute approximate surface area is 154 Å². The average Bonchev–Trinajstić information content (AvgIpc) is 2.89. The fourth-order valence-electron chi connectivity index (χ4n) is 3.28. The molecule has 0 saturated carbocycles. The molecule has 0 aliphatic carbocycles. The van der Waals surface area contributed by atoms with Gasteiger partial charge in [0.2, 0.25) is 0 Å². The molecule has 0 unspecified atom stereocenters. The summed E-state index contributed by atoms with van der Waals surface area (Å²) in [5.74, 6) is 0. The van der Waals surface area contributed by atoms with Gasteiger partial charge in [0.1, 0.15) is 0 Å². The zero-order chi connectivity index (χ0) is 17.8. The Morgan fingerprint density at radius 2 is 1.08 bits per heavy atom. The van der Waals surface area contributed by atoms with Gasteiger partial charge < -0.3 is 0 Å². The van der Waals surface area contributed by atoms with Crippen LogP contribution in [0.1, 0.15) is 30.0 Å². The van der Waals surface area contributed by atoms with Crippen molar-refractivity contribution >= 4 is 17.0 Å². The molecule has 0 aromatic heterocycles.